The maximum absolute atomic E-state index is 12.3. The lowest BCUT2D eigenvalue weighted by Gasteiger charge is -2.01. The van der Waals surface area contributed by atoms with Crippen molar-refractivity contribution in [1.82, 2.24) is 15.2 Å². The van der Waals surface area contributed by atoms with Gasteiger partial charge < -0.3 is 0 Å². The van der Waals surface area contributed by atoms with Crippen LogP contribution in [0.5, 0.6) is 0 Å². The van der Waals surface area contributed by atoms with Crippen molar-refractivity contribution < 1.29 is 9.72 Å². The molecule has 0 saturated heterocycles. The van der Waals surface area contributed by atoms with E-state index < -0.39 is 16.5 Å². The second-order valence-corrected chi connectivity index (χ2v) is 6.99. The van der Waals surface area contributed by atoms with Crippen LogP contribution in [-0.4, -0.2) is 26.8 Å². The van der Waals surface area contributed by atoms with Crippen LogP contribution in [0.1, 0.15) is 21.6 Å². The molecule has 1 amide bonds. The topological polar surface area (TPSA) is 102 Å². The number of aromatic nitrogens is 2. The highest BCUT2D eigenvalue weighted by Gasteiger charge is 2.25. The summed E-state index contributed by atoms with van der Waals surface area (Å²) >= 11 is 9.35. The molecule has 0 aliphatic rings. The Balaban J connectivity index is 1.77. The summed E-state index contributed by atoms with van der Waals surface area (Å²) in [5.74, 6) is -0.787. The van der Waals surface area contributed by atoms with Gasteiger partial charge in [-0.1, -0.05) is 57.9 Å². The van der Waals surface area contributed by atoms with Gasteiger partial charge in [-0.25, -0.2) is 5.43 Å². The van der Waals surface area contributed by atoms with E-state index in [4.69, 9.17) is 11.6 Å². The van der Waals surface area contributed by atoms with Crippen LogP contribution < -0.4 is 5.43 Å². The molecule has 2 aromatic carbocycles. The maximum Gasteiger partial charge on any atom is 0.320 e. The maximum atomic E-state index is 12.3. The number of carbonyl (C=O) groups is 1. The second-order valence-electron chi connectivity index (χ2n) is 5.66. The van der Waals surface area contributed by atoms with Gasteiger partial charge in [0.05, 0.1) is 17.7 Å². The van der Waals surface area contributed by atoms with Gasteiger partial charge in [0.25, 0.3) is 5.91 Å². The molecule has 10 heteroatoms. The Kier molecular flexibility index (Phi) is 6.17. The molecule has 0 saturated carbocycles. The zero-order valence-corrected chi connectivity index (χ0v) is 16.6. The first kappa shape index (κ1) is 19.7. The summed E-state index contributed by atoms with van der Waals surface area (Å²) in [7, 11) is 0. The normalized spacial score (nSPS) is 10.9. The van der Waals surface area contributed by atoms with Crippen LogP contribution >= 0.6 is 27.5 Å². The molecular weight excluding hydrogens is 450 g/mol. The van der Waals surface area contributed by atoms with Crippen molar-refractivity contribution >= 4 is 45.3 Å². The number of nitrogens with zero attached hydrogens (tertiary/aromatic N) is 4. The predicted octanol–water partition coefficient (Wildman–Crippen LogP) is 4.02. The van der Waals surface area contributed by atoms with Crippen molar-refractivity contribution in [3.63, 3.8) is 0 Å². The molecule has 0 unspecified atom stereocenters. The molecule has 0 spiro atoms. The summed E-state index contributed by atoms with van der Waals surface area (Å²) in [4.78, 5) is 22.9. The third kappa shape index (κ3) is 4.81. The Bertz CT molecular complexity index is 1050. The third-order valence-electron chi connectivity index (χ3n) is 3.69. The number of amides is 1. The number of hydrogen-bond acceptors (Lipinski definition) is 5. The smallest absolute Gasteiger partial charge is 0.265 e. The summed E-state index contributed by atoms with van der Waals surface area (Å²) in [6.45, 7) is 0.282. The SMILES string of the molecule is O=C(NN=Cc1ccccc1Cl)c1nn(Cc2ccc(Br)cc2)cc1[N+](=O)[O-]. The highest BCUT2D eigenvalue weighted by Crippen LogP contribution is 2.18. The van der Waals surface area contributed by atoms with E-state index >= 15 is 0 Å². The zero-order valence-electron chi connectivity index (χ0n) is 14.3. The molecule has 28 heavy (non-hydrogen) atoms. The number of nitro groups is 1. The molecule has 0 aliphatic heterocycles. The number of rotatable bonds is 6. The van der Waals surface area contributed by atoms with Gasteiger partial charge in [-0.05, 0) is 23.8 Å². The van der Waals surface area contributed by atoms with E-state index in [1.807, 2.05) is 24.3 Å². The Labute approximate surface area is 173 Å². The van der Waals surface area contributed by atoms with E-state index in [-0.39, 0.29) is 12.2 Å². The summed E-state index contributed by atoms with van der Waals surface area (Å²) in [5.41, 5.74) is 2.99. The van der Waals surface area contributed by atoms with Gasteiger partial charge in [0, 0.05) is 15.1 Å². The molecular formula is C18H13BrClN5O3. The number of nitrogens with one attached hydrogen (secondary N) is 1. The number of hydrazone groups is 1. The molecule has 1 N–H and O–H groups in total. The number of halogens is 2. The summed E-state index contributed by atoms with van der Waals surface area (Å²) < 4.78 is 2.26. The lowest BCUT2D eigenvalue weighted by molar-refractivity contribution is -0.385. The number of benzene rings is 2. The van der Waals surface area contributed by atoms with Crippen LogP contribution in [0.4, 0.5) is 5.69 Å². The summed E-state index contributed by atoms with van der Waals surface area (Å²) in [6.07, 6.45) is 2.57. The number of carbonyl (C=O) groups excluding carboxylic acids is 1. The largest absolute Gasteiger partial charge is 0.320 e. The van der Waals surface area contributed by atoms with Crippen molar-refractivity contribution in [2.75, 3.05) is 0 Å². The summed E-state index contributed by atoms with van der Waals surface area (Å²) in [5, 5.41) is 19.6. The minimum absolute atomic E-state index is 0.282. The van der Waals surface area contributed by atoms with E-state index in [1.54, 1.807) is 24.3 Å². The molecule has 8 nitrogen and oxygen atoms in total. The first-order valence-corrected chi connectivity index (χ1v) is 9.15. The number of hydrogen-bond donors (Lipinski definition) is 1. The van der Waals surface area contributed by atoms with Gasteiger partial charge in [-0.3, -0.25) is 19.6 Å². The van der Waals surface area contributed by atoms with Crippen molar-refractivity contribution in [3.05, 3.63) is 91.2 Å². The molecule has 0 atom stereocenters. The molecule has 0 radical (unpaired) electrons. The monoisotopic (exact) mass is 461 g/mol. The fourth-order valence-electron chi connectivity index (χ4n) is 2.36. The van der Waals surface area contributed by atoms with E-state index in [2.05, 4.69) is 31.6 Å². The van der Waals surface area contributed by atoms with Crippen LogP contribution in [0.3, 0.4) is 0 Å². The minimum atomic E-state index is -0.787. The predicted molar refractivity (Wildman–Crippen MR) is 109 cm³/mol. The highest BCUT2D eigenvalue weighted by molar-refractivity contribution is 9.10. The Morgan fingerprint density at radius 1 is 1.29 bits per heavy atom. The fourth-order valence-corrected chi connectivity index (χ4v) is 2.81. The van der Waals surface area contributed by atoms with Gasteiger partial charge in [0.2, 0.25) is 5.69 Å². The zero-order chi connectivity index (χ0) is 20.1. The van der Waals surface area contributed by atoms with Crippen LogP contribution in [-0.2, 0) is 6.54 Å². The quantitative estimate of drug-likeness (QED) is 0.339. The standard InChI is InChI=1S/C18H13BrClN5O3/c19-14-7-5-12(6-8-14)10-24-11-16(25(27)28)17(23-24)18(26)22-21-9-13-3-1-2-4-15(13)20/h1-9,11H,10H2,(H,22,26). The Hall–Kier alpha value is -3.04. The average Bonchev–Trinajstić information content (AvgIpc) is 3.09. The van der Waals surface area contributed by atoms with Crippen LogP contribution in [0, 0.1) is 10.1 Å². The van der Waals surface area contributed by atoms with E-state index in [0.29, 0.717) is 10.6 Å². The van der Waals surface area contributed by atoms with E-state index in [0.717, 1.165) is 10.0 Å². The lowest BCUT2D eigenvalue weighted by Crippen LogP contribution is -2.19. The van der Waals surface area contributed by atoms with Gasteiger partial charge in [-0.2, -0.15) is 10.2 Å². The molecule has 142 valence electrons. The average molecular weight is 463 g/mol. The molecule has 3 rings (SSSR count). The molecule has 0 aliphatic carbocycles. The Morgan fingerprint density at radius 2 is 2.00 bits per heavy atom. The summed E-state index contributed by atoms with van der Waals surface area (Å²) in [6, 6.07) is 14.3. The van der Waals surface area contributed by atoms with Crippen molar-refractivity contribution in [2.24, 2.45) is 5.10 Å². The van der Waals surface area contributed by atoms with E-state index in [1.165, 1.54) is 17.1 Å². The first-order valence-electron chi connectivity index (χ1n) is 7.98. The van der Waals surface area contributed by atoms with Crippen LogP contribution in [0.2, 0.25) is 5.02 Å². The molecule has 3 aromatic rings. The molecule has 1 aromatic heterocycles. The van der Waals surface area contributed by atoms with Gasteiger partial charge >= 0.3 is 5.69 Å². The third-order valence-corrected chi connectivity index (χ3v) is 4.56. The minimum Gasteiger partial charge on any atom is -0.265 e. The van der Waals surface area contributed by atoms with Crippen molar-refractivity contribution in [1.29, 1.82) is 0 Å². The molecule has 1 heterocycles. The molecule has 0 bridgehead atoms. The highest BCUT2D eigenvalue weighted by atomic mass is 79.9. The fraction of sp³-hybridized carbons (Fsp3) is 0.0556. The van der Waals surface area contributed by atoms with Crippen molar-refractivity contribution in [2.45, 2.75) is 6.54 Å². The van der Waals surface area contributed by atoms with Crippen LogP contribution in [0.25, 0.3) is 0 Å². The second kappa shape index (κ2) is 8.77. The lowest BCUT2D eigenvalue weighted by atomic mass is 10.2. The Morgan fingerprint density at radius 3 is 2.68 bits per heavy atom. The van der Waals surface area contributed by atoms with Crippen LogP contribution in [0.15, 0.2) is 64.3 Å². The van der Waals surface area contributed by atoms with Gasteiger partial charge in [0.15, 0.2) is 0 Å². The van der Waals surface area contributed by atoms with Gasteiger partial charge in [-0.15, -0.1) is 0 Å². The first-order chi connectivity index (χ1) is 13.4. The van der Waals surface area contributed by atoms with Gasteiger partial charge in [0.1, 0.15) is 6.20 Å². The molecule has 0 fully saturated rings. The van der Waals surface area contributed by atoms with E-state index in [9.17, 15) is 14.9 Å². The van der Waals surface area contributed by atoms with Crippen molar-refractivity contribution in [3.8, 4) is 0 Å².